The first-order chi connectivity index (χ1) is 12.7. The minimum Gasteiger partial charge on any atom is -0.395 e. The Balaban J connectivity index is 1.51. The summed E-state index contributed by atoms with van der Waals surface area (Å²) in [7, 11) is 0. The molecule has 2 aliphatic rings. The average Bonchev–Trinajstić information content (AvgIpc) is 2.66. The largest absolute Gasteiger partial charge is 0.395 e. The van der Waals surface area contributed by atoms with E-state index in [0.717, 1.165) is 18.7 Å². The second-order valence-corrected chi connectivity index (χ2v) is 6.90. The quantitative estimate of drug-likeness (QED) is 0.716. The SMILES string of the molecule is O=C(CC1NCCN(Cc2ccccc2)C1=O)N1CCN(CCO)CC1. The van der Waals surface area contributed by atoms with Crippen LogP contribution in [0.2, 0.25) is 0 Å². The molecule has 2 heterocycles. The topological polar surface area (TPSA) is 76.1 Å². The van der Waals surface area contributed by atoms with Crippen molar-refractivity contribution < 1.29 is 14.7 Å². The van der Waals surface area contributed by atoms with Crippen LogP contribution in [0.4, 0.5) is 0 Å². The average molecular weight is 360 g/mol. The Morgan fingerprint density at radius 3 is 2.54 bits per heavy atom. The number of aliphatic hydroxyl groups is 1. The normalized spacial score (nSPS) is 21.9. The summed E-state index contributed by atoms with van der Waals surface area (Å²) in [5, 5.41) is 12.2. The van der Waals surface area contributed by atoms with E-state index in [2.05, 4.69) is 10.2 Å². The zero-order valence-corrected chi connectivity index (χ0v) is 15.1. The van der Waals surface area contributed by atoms with Gasteiger partial charge in [-0.25, -0.2) is 0 Å². The second-order valence-electron chi connectivity index (χ2n) is 6.90. The number of rotatable bonds is 6. The third kappa shape index (κ3) is 4.81. The number of β-amino-alcohol motifs (C(OH)–C–C–N with tert-alkyl or cyclic N) is 1. The molecule has 2 fully saturated rings. The summed E-state index contributed by atoms with van der Waals surface area (Å²) in [5.74, 6) is 0.0356. The summed E-state index contributed by atoms with van der Waals surface area (Å²) in [5.41, 5.74) is 1.10. The summed E-state index contributed by atoms with van der Waals surface area (Å²) >= 11 is 0. The van der Waals surface area contributed by atoms with Crippen LogP contribution in [0.5, 0.6) is 0 Å². The molecule has 2 saturated heterocycles. The Hall–Kier alpha value is -1.96. The van der Waals surface area contributed by atoms with Crippen molar-refractivity contribution >= 4 is 11.8 Å². The molecule has 1 unspecified atom stereocenters. The number of nitrogens with zero attached hydrogens (tertiary/aromatic N) is 3. The van der Waals surface area contributed by atoms with E-state index in [4.69, 9.17) is 5.11 Å². The van der Waals surface area contributed by atoms with Crippen LogP contribution in [0.3, 0.4) is 0 Å². The lowest BCUT2D eigenvalue weighted by molar-refractivity contribution is -0.142. The molecule has 0 aromatic heterocycles. The Morgan fingerprint density at radius 1 is 1.12 bits per heavy atom. The van der Waals surface area contributed by atoms with Gasteiger partial charge >= 0.3 is 0 Å². The third-order valence-electron chi connectivity index (χ3n) is 5.12. The van der Waals surface area contributed by atoms with Gasteiger partial charge in [-0.3, -0.25) is 14.5 Å². The lowest BCUT2D eigenvalue weighted by Gasteiger charge is -2.37. The molecule has 1 aromatic rings. The molecular formula is C19H28N4O3. The van der Waals surface area contributed by atoms with Gasteiger partial charge in [0, 0.05) is 52.4 Å². The zero-order chi connectivity index (χ0) is 18.4. The smallest absolute Gasteiger partial charge is 0.240 e. The molecule has 7 heteroatoms. The lowest BCUT2D eigenvalue weighted by Crippen LogP contribution is -2.57. The lowest BCUT2D eigenvalue weighted by atomic mass is 10.1. The monoisotopic (exact) mass is 360 g/mol. The predicted molar refractivity (Wildman–Crippen MR) is 98.4 cm³/mol. The van der Waals surface area contributed by atoms with Crippen LogP contribution < -0.4 is 5.32 Å². The molecule has 1 atom stereocenters. The van der Waals surface area contributed by atoms with E-state index < -0.39 is 6.04 Å². The van der Waals surface area contributed by atoms with Crippen LogP contribution in [0, 0.1) is 0 Å². The highest BCUT2D eigenvalue weighted by molar-refractivity contribution is 5.89. The highest BCUT2D eigenvalue weighted by atomic mass is 16.3. The van der Waals surface area contributed by atoms with Crippen LogP contribution >= 0.6 is 0 Å². The summed E-state index contributed by atoms with van der Waals surface area (Å²) in [6.07, 6.45) is 0.212. The maximum atomic E-state index is 12.7. The van der Waals surface area contributed by atoms with Gasteiger partial charge in [-0.1, -0.05) is 30.3 Å². The fourth-order valence-electron chi connectivity index (χ4n) is 3.58. The molecule has 0 saturated carbocycles. The maximum Gasteiger partial charge on any atom is 0.240 e. The number of piperazine rings is 2. The minimum absolute atomic E-state index is 0.00682. The van der Waals surface area contributed by atoms with E-state index in [-0.39, 0.29) is 24.8 Å². The molecule has 2 aliphatic heterocycles. The number of carbonyl (C=O) groups is 2. The zero-order valence-electron chi connectivity index (χ0n) is 15.1. The first-order valence-electron chi connectivity index (χ1n) is 9.34. The van der Waals surface area contributed by atoms with Crippen molar-refractivity contribution in [1.82, 2.24) is 20.0 Å². The summed E-state index contributed by atoms with van der Waals surface area (Å²) in [6.45, 7) is 5.63. The standard InChI is InChI=1S/C19H28N4O3/c24-13-12-21-8-10-22(11-9-21)18(25)14-17-19(26)23(7-6-20-17)15-16-4-2-1-3-5-16/h1-5,17,20,24H,6-15H2. The van der Waals surface area contributed by atoms with Gasteiger partial charge in [-0.15, -0.1) is 0 Å². The van der Waals surface area contributed by atoms with Crippen molar-refractivity contribution in [2.45, 2.75) is 19.0 Å². The van der Waals surface area contributed by atoms with Crippen LogP contribution in [0.1, 0.15) is 12.0 Å². The summed E-state index contributed by atoms with van der Waals surface area (Å²) < 4.78 is 0. The molecule has 3 rings (SSSR count). The van der Waals surface area contributed by atoms with Gasteiger partial charge in [0.25, 0.3) is 0 Å². The van der Waals surface area contributed by atoms with Crippen molar-refractivity contribution in [2.75, 3.05) is 52.4 Å². The van der Waals surface area contributed by atoms with Gasteiger partial charge < -0.3 is 20.2 Å². The third-order valence-corrected chi connectivity index (χ3v) is 5.12. The van der Waals surface area contributed by atoms with Crippen LogP contribution in [0.25, 0.3) is 0 Å². The molecule has 142 valence electrons. The highest BCUT2D eigenvalue weighted by Crippen LogP contribution is 2.12. The Morgan fingerprint density at radius 2 is 1.85 bits per heavy atom. The first kappa shape index (κ1) is 18.8. The van der Waals surface area contributed by atoms with E-state index in [0.29, 0.717) is 39.3 Å². The van der Waals surface area contributed by atoms with Crippen LogP contribution in [-0.2, 0) is 16.1 Å². The summed E-state index contributed by atoms with van der Waals surface area (Å²) in [6, 6.07) is 9.50. The van der Waals surface area contributed by atoms with E-state index in [1.165, 1.54) is 0 Å². The van der Waals surface area contributed by atoms with Crippen LogP contribution in [-0.4, -0.2) is 90.1 Å². The number of carbonyl (C=O) groups excluding carboxylic acids is 2. The second kappa shape index (κ2) is 9.12. The molecule has 7 nitrogen and oxygen atoms in total. The van der Waals surface area contributed by atoms with E-state index in [1.54, 1.807) is 0 Å². The molecule has 0 spiro atoms. The van der Waals surface area contributed by atoms with Crippen molar-refractivity contribution in [3.05, 3.63) is 35.9 Å². The Labute approximate surface area is 154 Å². The fraction of sp³-hybridized carbons (Fsp3) is 0.579. The first-order valence-corrected chi connectivity index (χ1v) is 9.34. The van der Waals surface area contributed by atoms with Crippen LogP contribution in [0.15, 0.2) is 30.3 Å². The van der Waals surface area contributed by atoms with Gasteiger partial charge in [0.1, 0.15) is 0 Å². The minimum atomic E-state index is -0.435. The number of nitrogens with one attached hydrogen (secondary N) is 1. The molecule has 2 amide bonds. The van der Waals surface area contributed by atoms with Crippen molar-refractivity contribution in [1.29, 1.82) is 0 Å². The fourth-order valence-corrected chi connectivity index (χ4v) is 3.58. The van der Waals surface area contributed by atoms with Crippen molar-refractivity contribution in [3.63, 3.8) is 0 Å². The Bertz CT molecular complexity index is 602. The molecule has 0 radical (unpaired) electrons. The highest BCUT2D eigenvalue weighted by Gasteiger charge is 2.32. The van der Waals surface area contributed by atoms with Gasteiger partial charge in [-0.2, -0.15) is 0 Å². The number of aliphatic hydroxyl groups excluding tert-OH is 1. The van der Waals surface area contributed by atoms with E-state index in [1.807, 2.05) is 40.1 Å². The molecule has 0 aliphatic carbocycles. The number of hydrogen-bond acceptors (Lipinski definition) is 5. The van der Waals surface area contributed by atoms with Crippen molar-refractivity contribution in [2.24, 2.45) is 0 Å². The van der Waals surface area contributed by atoms with E-state index in [9.17, 15) is 9.59 Å². The molecule has 2 N–H and O–H groups in total. The molecule has 0 bridgehead atoms. The van der Waals surface area contributed by atoms with E-state index >= 15 is 0 Å². The summed E-state index contributed by atoms with van der Waals surface area (Å²) in [4.78, 5) is 31.1. The Kier molecular flexibility index (Phi) is 6.60. The van der Waals surface area contributed by atoms with Gasteiger partial charge in [0.05, 0.1) is 19.1 Å². The molecule has 26 heavy (non-hydrogen) atoms. The number of benzene rings is 1. The number of hydrogen-bond donors (Lipinski definition) is 2. The van der Waals surface area contributed by atoms with Gasteiger partial charge in [0.2, 0.25) is 11.8 Å². The van der Waals surface area contributed by atoms with Gasteiger partial charge in [-0.05, 0) is 5.56 Å². The predicted octanol–water partition coefficient (Wildman–Crippen LogP) is -0.486. The molecule has 1 aromatic carbocycles. The maximum absolute atomic E-state index is 12.7. The molecular weight excluding hydrogens is 332 g/mol. The van der Waals surface area contributed by atoms with Crippen molar-refractivity contribution in [3.8, 4) is 0 Å². The van der Waals surface area contributed by atoms with Gasteiger partial charge in [0.15, 0.2) is 0 Å². The number of amides is 2.